The highest BCUT2D eigenvalue weighted by molar-refractivity contribution is 5.71. The molecule has 3 nitrogen and oxygen atoms in total. The van der Waals surface area contributed by atoms with Crippen LogP contribution in [-0.4, -0.2) is 19.6 Å². The molecule has 0 fully saturated rings. The van der Waals surface area contributed by atoms with Crippen LogP contribution in [-0.2, 0) is 14.9 Å². The molecule has 3 heteroatoms. The summed E-state index contributed by atoms with van der Waals surface area (Å²) in [7, 11) is 1.40. The number of aryl methyl sites for hydroxylation is 2. The van der Waals surface area contributed by atoms with Crippen LogP contribution >= 0.6 is 0 Å². The summed E-state index contributed by atoms with van der Waals surface area (Å²) in [4.78, 5) is 11.5. The second-order valence-electron chi connectivity index (χ2n) is 4.89. The molecule has 0 aliphatic heterocycles. The van der Waals surface area contributed by atoms with Gasteiger partial charge in [-0.25, -0.2) is 0 Å². The van der Waals surface area contributed by atoms with Crippen LogP contribution in [0.25, 0.3) is 0 Å². The largest absolute Gasteiger partial charge is 0.469 e. The van der Waals surface area contributed by atoms with Gasteiger partial charge in [-0.15, -0.1) is 0 Å². The number of ether oxygens (including phenoxy) is 1. The number of esters is 1. The second-order valence-corrected chi connectivity index (χ2v) is 4.89. The van der Waals surface area contributed by atoms with E-state index in [4.69, 9.17) is 10.5 Å². The zero-order chi connectivity index (χ0) is 13.1. The second kappa shape index (κ2) is 5.32. The normalized spacial score (nSPS) is 14.2. The molecule has 0 saturated heterocycles. The van der Waals surface area contributed by atoms with Crippen LogP contribution in [0.4, 0.5) is 0 Å². The summed E-state index contributed by atoms with van der Waals surface area (Å²) < 4.78 is 4.74. The van der Waals surface area contributed by atoms with E-state index in [1.807, 2.05) is 20.8 Å². The number of carbonyl (C=O) groups excluding carboxylic acids is 1. The summed E-state index contributed by atoms with van der Waals surface area (Å²) in [5.41, 5.74) is 8.95. The molecule has 0 spiro atoms. The smallest absolute Gasteiger partial charge is 0.306 e. The molecule has 0 amide bonds. The van der Waals surface area contributed by atoms with E-state index in [9.17, 15) is 4.79 Å². The summed E-state index contributed by atoms with van der Waals surface area (Å²) in [6.45, 7) is 6.51. The lowest BCUT2D eigenvalue weighted by atomic mass is 9.78. The van der Waals surface area contributed by atoms with Crippen LogP contribution in [0.5, 0.6) is 0 Å². The number of benzene rings is 1. The van der Waals surface area contributed by atoms with Gasteiger partial charge in [0.1, 0.15) is 0 Å². The topological polar surface area (TPSA) is 52.3 Å². The molecule has 0 saturated carbocycles. The van der Waals surface area contributed by atoms with E-state index in [0.29, 0.717) is 13.0 Å². The van der Waals surface area contributed by atoms with Crippen LogP contribution < -0.4 is 5.73 Å². The van der Waals surface area contributed by atoms with Crippen molar-refractivity contribution in [2.75, 3.05) is 13.7 Å². The Morgan fingerprint density at radius 1 is 1.29 bits per heavy atom. The molecule has 1 atom stereocenters. The summed E-state index contributed by atoms with van der Waals surface area (Å²) >= 11 is 0. The Bertz CT molecular complexity index is 394. The molecular weight excluding hydrogens is 214 g/mol. The lowest BCUT2D eigenvalue weighted by Gasteiger charge is -2.28. The molecule has 17 heavy (non-hydrogen) atoms. The number of hydrogen-bond acceptors (Lipinski definition) is 3. The van der Waals surface area contributed by atoms with E-state index in [2.05, 4.69) is 18.2 Å². The maximum atomic E-state index is 11.5. The molecule has 0 radical (unpaired) electrons. The minimum absolute atomic E-state index is 0.225. The third kappa shape index (κ3) is 3.30. The quantitative estimate of drug-likeness (QED) is 0.813. The number of carbonyl (C=O) groups is 1. The fraction of sp³-hybridized carbons (Fsp3) is 0.500. The number of nitrogens with two attached hydrogens (primary N) is 1. The molecule has 2 N–H and O–H groups in total. The minimum Gasteiger partial charge on any atom is -0.469 e. The van der Waals surface area contributed by atoms with Gasteiger partial charge in [-0.3, -0.25) is 4.79 Å². The molecular formula is C14H21NO2. The lowest BCUT2D eigenvalue weighted by Crippen LogP contribution is -2.34. The molecule has 1 unspecified atom stereocenters. The number of methoxy groups -OCH3 is 1. The predicted molar refractivity (Wildman–Crippen MR) is 69.0 cm³/mol. The van der Waals surface area contributed by atoms with Crippen molar-refractivity contribution in [3.8, 4) is 0 Å². The van der Waals surface area contributed by atoms with Gasteiger partial charge in [0.15, 0.2) is 0 Å². The Morgan fingerprint density at radius 2 is 1.82 bits per heavy atom. The lowest BCUT2D eigenvalue weighted by molar-refractivity contribution is -0.141. The van der Waals surface area contributed by atoms with Crippen molar-refractivity contribution in [1.29, 1.82) is 0 Å². The molecule has 0 aromatic heterocycles. The predicted octanol–water partition coefficient (Wildman–Crippen LogP) is 2.08. The van der Waals surface area contributed by atoms with Gasteiger partial charge in [-0.1, -0.05) is 36.2 Å². The first-order valence-electron chi connectivity index (χ1n) is 5.77. The maximum Gasteiger partial charge on any atom is 0.306 e. The van der Waals surface area contributed by atoms with Crippen molar-refractivity contribution in [2.24, 2.45) is 5.73 Å². The van der Waals surface area contributed by atoms with E-state index < -0.39 is 0 Å². The third-order valence-corrected chi connectivity index (χ3v) is 3.13. The van der Waals surface area contributed by atoms with Crippen molar-refractivity contribution in [3.63, 3.8) is 0 Å². The zero-order valence-electron chi connectivity index (χ0n) is 11.0. The molecule has 1 rings (SSSR count). The van der Waals surface area contributed by atoms with Crippen LogP contribution in [0.2, 0.25) is 0 Å². The summed E-state index contributed by atoms with van der Waals surface area (Å²) in [5.74, 6) is -0.225. The Labute approximate surface area is 103 Å². The van der Waals surface area contributed by atoms with Gasteiger partial charge in [0.05, 0.1) is 13.5 Å². The van der Waals surface area contributed by atoms with Crippen LogP contribution in [0.1, 0.15) is 30.0 Å². The SMILES string of the molecule is COC(=O)CC(C)(CN)c1cc(C)cc(C)c1. The molecule has 0 aliphatic carbocycles. The van der Waals surface area contributed by atoms with E-state index in [-0.39, 0.29) is 11.4 Å². The van der Waals surface area contributed by atoms with Crippen LogP contribution in [0.15, 0.2) is 18.2 Å². The van der Waals surface area contributed by atoms with Gasteiger partial charge in [-0.05, 0) is 19.4 Å². The van der Waals surface area contributed by atoms with Crippen molar-refractivity contribution in [1.82, 2.24) is 0 Å². The Morgan fingerprint density at radius 3 is 2.24 bits per heavy atom. The maximum absolute atomic E-state index is 11.5. The van der Waals surface area contributed by atoms with Crippen molar-refractivity contribution >= 4 is 5.97 Å². The minimum atomic E-state index is -0.357. The van der Waals surface area contributed by atoms with Gasteiger partial charge in [-0.2, -0.15) is 0 Å². The van der Waals surface area contributed by atoms with Crippen LogP contribution in [0.3, 0.4) is 0 Å². The van der Waals surface area contributed by atoms with E-state index >= 15 is 0 Å². The molecule has 94 valence electrons. The molecule has 0 heterocycles. The van der Waals surface area contributed by atoms with Gasteiger partial charge < -0.3 is 10.5 Å². The van der Waals surface area contributed by atoms with Crippen molar-refractivity contribution in [2.45, 2.75) is 32.6 Å². The molecule has 1 aromatic carbocycles. The summed E-state index contributed by atoms with van der Waals surface area (Å²) in [6, 6.07) is 6.28. The molecule has 0 aliphatic rings. The summed E-state index contributed by atoms with van der Waals surface area (Å²) in [5, 5.41) is 0. The van der Waals surface area contributed by atoms with E-state index in [1.165, 1.54) is 18.2 Å². The number of hydrogen-bond donors (Lipinski definition) is 1. The Hall–Kier alpha value is -1.35. The fourth-order valence-electron chi connectivity index (χ4n) is 2.01. The van der Waals surface area contributed by atoms with Crippen molar-refractivity contribution in [3.05, 3.63) is 34.9 Å². The monoisotopic (exact) mass is 235 g/mol. The highest BCUT2D eigenvalue weighted by Gasteiger charge is 2.29. The Kier molecular flexibility index (Phi) is 4.29. The standard InChI is InChI=1S/C14H21NO2/c1-10-5-11(2)7-12(6-10)14(3,9-15)8-13(16)17-4/h5-7H,8-9,15H2,1-4H3. The summed E-state index contributed by atoms with van der Waals surface area (Å²) in [6.07, 6.45) is 0.308. The van der Waals surface area contributed by atoms with Gasteiger partial charge in [0.2, 0.25) is 0 Å². The Balaban J connectivity index is 3.10. The first-order valence-corrected chi connectivity index (χ1v) is 5.77. The van der Waals surface area contributed by atoms with Crippen LogP contribution in [0, 0.1) is 13.8 Å². The molecule has 1 aromatic rings. The van der Waals surface area contributed by atoms with Crippen molar-refractivity contribution < 1.29 is 9.53 Å². The zero-order valence-corrected chi connectivity index (χ0v) is 11.0. The highest BCUT2D eigenvalue weighted by Crippen LogP contribution is 2.28. The number of rotatable bonds is 4. The average Bonchev–Trinajstić information content (AvgIpc) is 2.27. The first-order chi connectivity index (χ1) is 7.91. The molecule has 0 bridgehead atoms. The third-order valence-electron chi connectivity index (χ3n) is 3.13. The van der Waals surface area contributed by atoms with Gasteiger partial charge in [0, 0.05) is 12.0 Å². The average molecular weight is 235 g/mol. The van der Waals surface area contributed by atoms with Gasteiger partial charge >= 0.3 is 5.97 Å². The van der Waals surface area contributed by atoms with E-state index in [1.54, 1.807) is 0 Å². The highest BCUT2D eigenvalue weighted by atomic mass is 16.5. The first kappa shape index (κ1) is 13.7. The van der Waals surface area contributed by atoms with Gasteiger partial charge in [0.25, 0.3) is 0 Å². The fourth-order valence-corrected chi connectivity index (χ4v) is 2.01. The van der Waals surface area contributed by atoms with E-state index in [0.717, 1.165) is 5.56 Å².